The van der Waals surface area contributed by atoms with Crippen LogP contribution in [0.5, 0.6) is 5.75 Å². The van der Waals surface area contributed by atoms with Crippen LogP contribution in [0.1, 0.15) is 16.8 Å². The SMILES string of the molecule is NC(=O)c1ccc(OCCCN2C[C@@H]3COC[C@]3(C(=O)O)C2)cc1. The van der Waals surface area contributed by atoms with Crippen molar-refractivity contribution in [3.05, 3.63) is 29.8 Å². The van der Waals surface area contributed by atoms with Gasteiger partial charge in [0.05, 0.1) is 19.8 Å². The van der Waals surface area contributed by atoms with Gasteiger partial charge in [0.1, 0.15) is 11.2 Å². The summed E-state index contributed by atoms with van der Waals surface area (Å²) in [4.78, 5) is 24.8. The maximum atomic E-state index is 11.6. The van der Waals surface area contributed by atoms with Crippen molar-refractivity contribution in [1.82, 2.24) is 4.90 Å². The Morgan fingerprint density at radius 3 is 2.75 bits per heavy atom. The summed E-state index contributed by atoms with van der Waals surface area (Å²) >= 11 is 0. The van der Waals surface area contributed by atoms with Gasteiger partial charge in [0.25, 0.3) is 0 Å². The number of aliphatic carboxylic acids is 1. The van der Waals surface area contributed by atoms with Crippen molar-refractivity contribution in [2.24, 2.45) is 17.1 Å². The number of nitrogens with two attached hydrogens (primary N) is 1. The second-order valence-electron chi connectivity index (χ2n) is 6.50. The molecule has 0 spiro atoms. The van der Waals surface area contributed by atoms with E-state index in [9.17, 15) is 14.7 Å². The number of nitrogens with zero attached hydrogens (tertiary/aromatic N) is 1. The normalized spacial score (nSPS) is 26.2. The summed E-state index contributed by atoms with van der Waals surface area (Å²) in [5.41, 5.74) is 4.91. The van der Waals surface area contributed by atoms with Crippen molar-refractivity contribution < 1.29 is 24.2 Å². The minimum atomic E-state index is -0.752. The van der Waals surface area contributed by atoms with Crippen LogP contribution in [0.15, 0.2) is 24.3 Å². The Morgan fingerprint density at radius 2 is 2.12 bits per heavy atom. The third-order valence-electron chi connectivity index (χ3n) is 4.90. The molecule has 2 heterocycles. The number of benzene rings is 1. The van der Waals surface area contributed by atoms with Crippen LogP contribution in [0.2, 0.25) is 0 Å². The van der Waals surface area contributed by atoms with E-state index in [0.717, 1.165) is 19.5 Å². The molecule has 3 rings (SSSR count). The summed E-state index contributed by atoms with van der Waals surface area (Å²) in [6.07, 6.45) is 0.806. The molecular formula is C17H22N2O5. The summed E-state index contributed by atoms with van der Waals surface area (Å²) in [6.45, 7) is 3.48. The van der Waals surface area contributed by atoms with Crippen molar-refractivity contribution in [2.75, 3.05) is 39.5 Å². The summed E-state index contributed by atoms with van der Waals surface area (Å²) in [6, 6.07) is 6.71. The molecule has 0 radical (unpaired) electrons. The van der Waals surface area contributed by atoms with Crippen LogP contribution in [0.25, 0.3) is 0 Å². The maximum Gasteiger partial charge on any atom is 0.313 e. The van der Waals surface area contributed by atoms with E-state index in [1.807, 2.05) is 0 Å². The Balaban J connectivity index is 1.43. The third kappa shape index (κ3) is 3.22. The van der Waals surface area contributed by atoms with Gasteiger partial charge in [-0.3, -0.25) is 9.59 Å². The van der Waals surface area contributed by atoms with Crippen LogP contribution in [-0.4, -0.2) is 61.3 Å². The predicted molar refractivity (Wildman–Crippen MR) is 85.9 cm³/mol. The molecule has 2 fully saturated rings. The fourth-order valence-corrected chi connectivity index (χ4v) is 3.51. The van der Waals surface area contributed by atoms with Crippen molar-refractivity contribution in [1.29, 1.82) is 0 Å². The second-order valence-corrected chi connectivity index (χ2v) is 6.50. The van der Waals surface area contributed by atoms with Gasteiger partial charge in [0.2, 0.25) is 5.91 Å². The van der Waals surface area contributed by atoms with Crippen molar-refractivity contribution >= 4 is 11.9 Å². The van der Waals surface area contributed by atoms with E-state index in [4.69, 9.17) is 15.2 Å². The van der Waals surface area contributed by atoms with Crippen molar-refractivity contribution in [2.45, 2.75) is 6.42 Å². The molecule has 130 valence electrons. The molecule has 2 aliphatic heterocycles. The number of ether oxygens (including phenoxy) is 2. The molecule has 2 atom stereocenters. The van der Waals surface area contributed by atoms with Gasteiger partial charge >= 0.3 is 5.97 Å². The summed E-state index contributed by atoms with van der Waals surface area (Å²) in [5, 5.41) is 9.51. The monoisotopic (exact) mass is 334 g/mol. The van der Waals surface area contributed by atoms with Gasteiger partial charge in [-0.25, -0.2) is 0 Å². The Kier molecular flexibility index (Phi) is 4.73. The molecule has 0 bridgehead atoms. The lowest BCUT2D eigenvalue weighted by atomic mass is 9.81. The van der Waals surface area contributed by atoms with Crippen molar-refractivity contribution in [3.63, 3.8) is 0 Å². The van der Waals surface area contributed by atoms with Gasteiger partial charge in [0, 0.05) is 31.1 Å². The lowest BCUT2D eigenvalue weighted by Gasteiger charge is -2.22. The minimum absolute atomic E-state index is 0.0808. The van der Waals surface area contributed by atoms with E-state index in [2.05, 4.69) is 4.90 Å². The van der Waals surface area contributed by atoms with Gasteiger partial charge in [-0.1, -0.05) is 0 Å². The molecule has 1 amide bonds. The quantitative estimate of drug-likeness (QED) is 0.708. The maximum absolute atomic E-state index is 11.6. The van der Waals surface area contributed by atoms with Crippen LogP contribution in [0, 0.1) is 11.3 Å². The van der Waals surface area contributed by atoms with Crippen LogP contribution >= 0.6 is 0 Å². The number of primary amides is 1. The summed E-state index contributed by atoms with van der Waals surface area (Å²) < 4.78 is 11.0. The van der Waals surface area contributed by atoms with E-state index in [-0.39, 0.29) is 5.92 Å². The Labute approximate surface area is 140 Å². The highest BCUT2D eigenvalue weighted by molar-refractivity contribution is 5.92. The van der Waals surface area contributed by atoms with Gasteiger partial charge < -0.3 is 25.2 Å². The first-order valence-electron chi connectivity index (χ1n) is 8.07. The number of carbonyl (C=O) groups excluding carboxylic acids is 1. The molecule has 0 unspecified atom stereocenters. The van der Waals surface area contributed by atoms with Crippen LogP contribution in [0.4, 0.5) is 0 Å². The summed E-state index contributed by atoms with van der Waals surface area (Å²) in [7, 11) is 0. The number of likely N-dealkylation sites (tertiary alicyclic amines) is 1. The minimum Gasteiger partial charge on any atom is -0.494 e. The standard InChI is InChI=1S/C17H22N2O5/c18-15(20)12-2-4-14(5-3-12)24-7-1-6-19-8-13-9-23-11-17(13,10-19)16(21)22/h2-5,13H,1,6-11H2,(H2,18,20)(H,21,22)/t13-,17-/m1/s1. The van der Waals surface area contributed by atoms with E-state index < -0.39 is 17.3 Å². The summed E-state index contributed by atoms with van der Waals surface area (Å²) in [5.74, 6) is -0.443. The molecule has 1 aromatic rings. The first-order chi connectivity index (χ1) is 11.5. The number of fused-ring (bicyclic) bond motifs is 1. The zero-order valence-corrected chi connectivity index (χ0v) is 13.4. The highest BCUT2D eigenvalue weighted by Gasteiger charge is 2.55. The number of carbonyl (C=O) groups is 2. The Morgan fingerprint density at radius 1 is 1.38 bits per heavy atom. The number of hydrogen-bond acceptors (Lipinski definition) is 5. The van der Waals surface area contributed by atoms with Gasteiger partial charge in [-0.2, -0.15) is 0 Å². The largest absolute Gasteiger partial charge is 0.494 e. The zero-order chi connectivity index (χ0) is 17.2. The second kappa shape index (κ2) is 6.78. The average molecular weight is 334 g/mol. The molecule has 7 heteroatoms. The lowest BCUT2D eigenvalue weighted by molar-refractivity contribution is -0.149. The molecule has 0 aliphatic carbocycles. The highest BCUT2D eigenvalue weighted by atomic mass is 16.5. The third-order valence-corrected chi connectivity index (χ3v) is 4.90. The number of carboxylic acids is 1. The molecule has 0 saturated carbocycles. The van der Waals surface area contributed by atoms with E-state index in [0.29, 0.717) is 37.7 Å². The molecule has 24 heavy (non-hydrogen) atoms. The first kappa shape index (κ1) is 16.7. The Bertz CT molecular complexity index is 618. The molecule has 0 aromatic heterocycles. The fourth-order valence-electron chi connectivity index (χ4n) is 3.51. The van der Waals surface area contributed by atoms with E-state index >= 15 is 0 Å². The van der Waals surface area contributed by atoms with Gasteiger partial charge in [-0.05, 0) is 30.7 Å². The lowest BCUT2D eigenvalue weighted by Crippen LogP contribution is -2.39. The molecule has 1 aromatic carbocycles. The molecule has 3 N–H and O–H groups in total. The van der Waals surface area contributed by atoms with Crippen LogP contribution in [0.3, 0.4) is 0 Å². The van der Waals surface area contributed by atoms with Crippen LogP contribution in [-0.2, 0) is 9.53 Å². The topological polar surface area (TPSA) is 102 Å². The van der Waals surface area contributed by atoms with E-state index in [1.165, 1.54) is 0 Å². The predicted octanol–water partition coefficient (Wildman–Crippen LogP) is 0.587. The molecule has 7 nitrogen and oxygen atoms in total. The highest BCUT2D eigenvalue weighted by Crippen LogP contribution is 2.41. The Hall–Kier alpha value is -2.12. The number of amides is 1. The van der Waals surface area contributed by atoms with E-state index in [1.54, 1.807) is 24.3 Å². The smallest absolute Gasteiger partial charge is 0.313 e. The molecule has 2 aliphatic rings. The van der Waals surface area contributed by atoms with Gasteiger partial charge in [-0.15, -0.1) is 0 Å². The number of hydrogen-bond donors (Lipinski definition) is 2. The van der Waals surface area contributed by atoms with Gasteiger partial charge in [0.15, 0.2) is 0 Å². The van der Waals surface area contributed by atoms with Crippen molar-refractivity contribution in [3.8, 4) is 5.75 Å². The zero-order valence-electron chi connectivity index (χ0n) is 13.4. The average Bonchev–Trinajstić information content (AvgIpc) is 3.10. The molecule has 2 saturated heterocycles. The first-order valence-corrected chi connectivity index (χ1v) is 8.07. The fraction of sp³-hybridized carbons (Fsp3) is 0.529. The number of rotatable bonds is 7. The van der Waals surface area contributed by atoms with Crippen LogP contribution < -0.4 is 10.5 Å². The number of carboxylic acid groups (broad SMARTS) is 1. The molecular weight excluding hydrogens is 312 g/mol.